The highest BCUT2D eigenvalue weighted by Crippen LogP contribution is 2.01. The van der Waals surface area contributed by atoms with E-state index in [-0.39, 0.29) is 6.61 Å². The number of aryl methyl sites for hydroxylation is 1. The number of carboxylic acid groups (broad SMARTS) is 2. The summed E-state index contributed by atoms with van der Waals surface area (Å²) >= 11 is 0. The summed E-state index contributed by atoms with van der Waals surface area (Å²) in [5.41, 5.74) is 2.20. The molecule has 0 aliphatic carbocycles. The van der Waals surface area contributed by atoms with E-state index in [0.717, 1.165) is 5.56 Å². The van der Waals surface area contributed by atoms with Gasteiger partial charge in [0.15, 0.2) is 0 Å². The highest BCUT2D eigenvalue weighted by molar-refractivity contribution is 6.27. The number of rotatable bonds is 1. The maximum absolute atomic E-state index is 9.10. The number of hydrogen-bond acceptors (Lipinski definition) is 3. The second-order valence-electron chi connectivity index (χ2n) is 2.75. The molecule has 0 aromatic heterocycles. The summed E-state index contributed by atoms with van der Waals surface area (Å²) in [5, 5.41) is 23.4. The fourth-order valence-corrected chi connectivity index (χ4v) is 0.693. The number of benzene rings is 1. The largest absolute Gasteiger partial charge is 0.473 e. The van der Waals surface area contributed by atoms with Crippen molar-refractivity contribution < 1.29 is 24.9 Å². The lowest BCUT2D eigenvalue weighted by Gasteiger charge is -1.93. The molecule has 0 heterocycles. The van der Waals surface area contributed by atoms with Crippen molar-refractivity contribution in [2.45, 2.75) is 13.5 Å². The molecule has 0 saturated carbocycles. The predicted octanol–water partition coefficient (Wildman–Crippen LogP) is 0.643. The molecule has 0 bridgehead atoms. The second-order valence-corrected chi connectivity index (χ2v) is 2.75. The predicted molar refractivity (Wildman–Crippen MR) is 52.4 cm³/mol. The summed E-state index contributed by atoms with van der Waals surface area (Å²) in [5.74, 6) is -3.65. The average molecular weight is 212 g/mol. The van der Waals surface area contributed by atoms with Crippen LogP contribution in [-0.4, -0.2) is 27.3 Å². The highest BCUT2D eigenvalue weighted by atomic mass is 16.4. The van der Waals surface area contributed by atoms with Crippen molar-refractivity contribution in [2.75, 3.05) is 0 Å². The van der Waals surface area contributed by atoms with Crippen molar-refractivity contribution in [1.82, 2.24) is 0 Å². The Labute approximate surface area is 86.6 Å². The number of aliphatic carboxylic acids is 2. The summed E-state index contributed by atoms with van der Waals surface area (Å²) in [6.45, 7) is 2.17. The standard InChI is InChI=1S/C8H10O.C2H2O4/c1-7-2-4-8(6-9)5-3-7;3-1(4)2(5)6/h2-5,9H,6H2,1H3;(H,3,4)(H,5,6). The van der Waals surface area contributed by atoms with Gasteiger partial charge in [-0.25, -0.2) is 9.59 Å². The normalized spacial score (nSPS) is 8.67. The first-order chi connectivity index (χ1) is 6.97. The molecule has 3 N–H and O–H groups in total. The van der Waals surface area contributed by atoms with E-state index in [0.29, 0.717) is 0 Å². The van der Waals surface area contributed by atoms with Crippen LogP contribution in [-0.2, 0) is 16.2 Å². The number of carboxylic acids is 2. The van der Waals surface area contributed by atoms with Gasteiger partial charge in [0.05, 0.1) is 6.61 Å². The molecule has 5 nitrogen and oxygen atoms in total. The van der Waals surface area contributed by atoms with Gasteiger partial charge in [0.2, 0.25) is 0 Å². The monoisotopic (exact) mass is 212 g/mol. The van der Waals surface area contributed by atoms with Crippen molar-refractivity contribution in [3.8, 4) is 0 Å². The van der Waals surface area contributed by atoms with E-state index in [4.69, 9.17) is 24.9 Å². The van der Waals surface area contributed by atoms with Gasteiger partial charge in [0.25, 0.3) is 0 Å². The first-order valence-corrected chi connectivity index (χ1v) is 4.10. The van der Waals surface area contributed by atoms with Crippen LogP contribution in [0.15, 0.2) is 24.3 Å². The smallest absolute Gasteiger partial charge is 0.414 e. The fourth-order valence-electron chi connectivity index (χ4n) is 0.693. The van der Waals surface area contributed by atoms with Crippen LogP contribution in [0.4, 0.5) is 0 Å². The van der Waals surface area contributed by atoms with Gasteiger partial charge in [0, 0.05) is 0 Å². The van der Waals surface area contributed by atoms with Crippen LogP contribution in [0.3, 0.4) is 0 Å². The van der Waals surface area contributed by atoms with E-state index in [1.54, 1.807) is 0 Å². The minimum Gasteiger partial charge on any atom is -0.473 e. The maximum Gasteiger partial charge on any atom is 0.414 e. The van der Waals surface area contributed by atoms with Crippen LogP contribution in [0.25, 0.3) is 0 Å². The molecule has 5 heteroatoms. The zero-order chi connectivity index (χ0) is 11.8. The topological polar surface area (TPSA) is 94.8 Å². The highest BCUT2D eigenvalue weighted by Gasteiger charge is 2.04. The molecule has 0 fully saturated rings. The number of aliphatic hydroxyl groups is 1. The number of aliphatic hydroxyl groups excluding tert-OH is 1. The Balaban J connectivity index is 0.000000288. The van der Waals surface area contributed by atoms with Gasteiger partial charge in [-0.05, 0) is 12.5 Å². The van der Waals surface area contributed by atoms with Crippen molar-refractivity contribution in [3.05, 3.63) is 35.4 Å². The molecule has 82 valence electrons. The van der Waals surface area contributed by atoms with Crippen LogP contribution >= 0.6 is 0 Å². The van der Waals surface area contributed by atoms with Gasteiger partial charge in [0.1, 0.15) is 0 Å². The van der Waals surface area contributed by atoms with E-state index in [2.05, 4.69) is 0 Å². The quantitative estimate of drug-likeness (QED) is 0.594. The van der Waals surface area contributed by atoms with E-state index in [1.165, 1.54) is 5.56 Å². The van der Waals surface area contributed by atoms with E-state index in [9.17, 15) is 0 Å². The SMILES string of the molecule is Cc1ccc(CO)cc1.O=C(O)C(=O)O. The maximum atomic E-state index is 9.10. The van der Waals surface area contributed by atoms with Crippen LogP contribution in [0.5, 0.6) is 0 Å². The lowest BCUT2D eigenvalue weighted by molar-refractivity contribution is -0.159. The Bertz CT molecular complexity index is 316. The molecule has 0 radical (unpaired) electrons. The van der Waals surface area contributed by atoms with Crippen molar-refractivity contribution in [2.24, 2.45) is 0 Å². The minimum absolute atomic E-state index is 0.139. The first-order valence-electron chi connectivity index (χ1n) is 4.10. The lowest BCUT2D eigenvalue weighted by atomic mass is 10.2. The molecular weight excluding hydrogens is 200 g/mol. The van der Waals surface area contributed by atoms with Crippen LogP contribution in [0, 0.1) is 6.92 Å². The molecule has 0 unspecified atom stereocenters. The molecule has 0 aliphatic heterocycles. The molecule has 0 amide bonds. The Morgan fingerprint density at radius 3 is 1.73 bits per heavy atom. The number of hydrogen-bond donors (Lipinski definition) is 3. The first kappa shape index (κ1) is 13.1. The van der Waals surface area contributed by atoms with Crippen molar-refractivity contribution >= 4 is 11.9 Å². The zero-order valence-electron chi connectivity index (χ0n) is 8.17. The van der Waals surface area contributed by atoms with Gasteiger partial charge < -0.3 is 15.3 Å². The Kier molecular flexibility index (Phi) is 5.73. The third-order valence-electron chi connectivity index (χ3n) is 1.49. The minimum atomic E-state index is -1.82. The van der Waals surface area contributed by atoms with Crippen molar-refractivity contribution in [3.63, 3.8) is 0 Å². The van der Waals surface area contributed by atoms with Gasteiger partial charge in [-0.2, -0.15) is 0 Å². The van der Waals surface area contributed by atoms with Gasteiger partial charge in [-0.15, -0.1) is 0 Å². The number of carbonyl (C=O) groups is 2. The summed E-state index contributed by atoms with van der Waals surface area (Å²) in [6, 6.07) is 7.84. The van der Waals surface area contributed by atoms with E-state index in [1.807, 2.05) is 31.2 Å². The molecule has 0 saturated heterocycles. The molecule has 0 spiro atoms. The fraction of sp³-hybridized carbons (Fsp3) is 0.200. The summed E-state index contributed by atoms with van der Waals surface area (Å²) < 4.78 is 0. The summed E-state index contributed by atoms with van der Waals surface area (Å²) in [7, 11) is 0. The van der Waals surface area contributed by atoms with Gasteiger partial charge in [-0.3, -0.25) is 0 Å². The third-order valence-corrected chi connectivity index (χ3v) is 1.49. The van der Waals surface area contributed by atoms with E-state index >= 15 is 0 Å². The molecule has 1 aromatic rings. The molecular formula is C10H12O5. The summed E-state index contributed by atoms with van der Waals surface area (Å²) in [4.78, 5) is 18.2. The van der Waals surface area contributed by atoms with Crippen LogP contribution in [0.1, 0.15) is 11.1 Å². The second kappa shape index (κ2) is 6.56. The molecule has 1 aromatic carbocycles. The van der Waals surface area contributed by atoms with E-state index < -0.39 is 11.9 Å². The Morgan fingerprint density at radius 1 is 1.07 bits per heavy atom. The Hall–Kier alpha value is -1.88. The third kappa shape index (κ3) is 6.23. The molecule has 0 atom stereocenters. The van der Waals surface area contributed by atoms with Crippen LogP contribution < -0.4 is 0 Å². The Morgan fingerprint density at radius 2 is 1.47 bits per heavy atom. The molecule has 1 rings (SSSR count). The van der Waals surface area contributed by atoms with Gasteiger partial charge in [-0.1, -0.05) is 29.8 Å². The zero-order valence-corrected chi connectivity index (χ0v) is 8.17. The molecule has 0 aliphatic rings. The van der Waals surface area contributed by atoms with Gasteiger partial charge >= 0.3 is 11.9 Å². The molecule has 15 heavy (non-hydrogen) atoms. The summed E-state index contributed by atoms with van der Waals surface area (Å²) in [6.07, 6.45) is 0. The van der Waals surface area contributed by atoms with Crippen molar-refractivity contribution in [1.29, 1.82) is 0 Å². The van der Waals surface area contributed by atoms with Crippen LogP contribution in [0.2, 0.25) is 0 Å². The lowest BCUT2D eigenvalue weighted by Crippen LogP contribution is -2.09. The average Bonchev–Trinajstić information content (AvgIpc) is 2.20.